The number of anilines is 2. The summed E-state index contributed by atoms with van der Waals surface area (Å²) in [5.74, 6) is 3.55. The number of aryl methyl sites for hydroxylation is 1. The average Bonchev–Trinajstić information content (AvgIpc) is 1.58. The molecule has 12 N–H and O–H groups in total. The Morgan fingerprint density at radius 1 is 0.539 bits per heavy atom. The first-order chi connectivity index (χ1) is 48.9. The zero-order valence-corrected chi connectivity index (χ0v) is 56.5. The van der Waals surface area contributed by atoms with Gasteiger partial charge in [0.25, 0.3) is 11.8 Å². The van der Waals surface area contributed by atoms with Gasteiger partial charge in [0.2, 0.25) is 12.6 Å². The van der Waals surface area contributed by atoms with Gasteiger partial charge in [-0.15, -0.1) is 0 Å². The summed E-state index contributed by atoms with van der Waals surface area (Å²) in [5.41, 5.74) is 2.21. The molecule has 2 unspecified atom stereocenters. The Morgan fingerprint density at radius 2 is 0.990 bits per heavy atom. The second-order valence-corrected chi connectivity index (χ2v) is 25.7. The van der Waals surface area contributed by atoms with Crippen molar-refractivity contribution >= 4 is 46.9 Å². The fraction of sp³-hybridized carbons (Fsp3) is 0.514. The number of Topliss-reactive ketones (excluding diaryl/α,β-unsaturated/α-hetero) is 2. The maximum atomic E-state index is 14.5. The van der Waals surface area contributed by atoms with E-state index in [1.807, 2.05) is 0 Å². The molecule has 554 valence electrons. The van der Waals surface area contributed by atoms with Crippen LogP contribution in [0, 0.1) is 6.92 Å². The van der Waals surface area contributed by atoms with Crippen molar-refractivity contribution in [2.45, 2.75) is 164 Å². The summed E-state index contributed by atoms with van der Waals surface area (Å²) in [6, 6.07) is 12.3. The number of unbranched alkanes of at least 4 members (excludes halogenated alkanes) is 2. The second kappa shape index (κ2) is 33.8. The lowest BCUT2D eigenvalue weighted by Gasteiger charge is -2.39. The quantitative estimate of drug-likeness (QED) is 0.0160. The molecule has 102 heavy (non-hydrogen) atoms. The molecule has 4 aromatic rings. The van der Waals surface area contributed by atoms with Crippen LogP contribution in [-0.4, -0.2) is 249 Å². The molecule has 4 fully saturated rings. The molecule has 6 aliphatic heterocycles. The van der Waals surface area contributed by atoms with Gasteiger partial charge in [0.1, 0.15) is 79.3 Å². The lowest BCUT2D eigenvalue weighted by Crippen LogP contribution is -2.60. The molecule has 6 aliphatic rings. The molecule has 32 nitrogen and oxygen atoms in total. The fourth-order valence-electron chi connectivity index (χ4n) is 13.1. The summed E-state index contributed by atoms with van der Waals surface area (Å²) in [6.45, 7) is 8.05. The number of aliphatic hydroxyl groups is 10. The van der Waals surface area contributed by atoms with Crippen LogP contribution in [0.4, 0.5) is 21.0 Å². The van der Waals surface area contributed by atoms with E-state index in [-0.39, 0.29) is 145 Å². The molecule has 4 amide bonds. The van der Waals surface area contributed by atoms with Gasteiger partial charge in [0, 0.05) is 51.8 Å². The highest BCUT2D eigenvalue weighted by molar-refractivity contribution is 6.07. The van der Waals surface area contributed by atoms with E-state index < -0.39 is 148 Å². The number of ether oxygens (including phenoxy) is 10. The Bertz CT molecular complexity index is 3740. The second-order valence-electron chi connectivity index (χ2n) is 25.7. The van der Waals surface area contributed by atoms with Crippen LogP contribution < -0.4 is 39.4 Å². The van der Waals surface area contributed by atoms with Crippen molar-refractivity contribution in [3.8, 4) is 28.7 Å². The predicted octanol–water partition coefficient (Wildman–Crippen LogP) is 1.94. The third-order valence-corrected chi connectivity index (χ3v) is 18.6. The molecule has 4 aromatic carbocycles. The van der Waals surface area contributed by atoms with Crippen molar-refractivity contribution in [2.75, 3.05) is 76.8 Å². The van der Waals surface area contributed by atoms with E-state index in [1.54, 1.807) is 13.0 Å². The summed E-state index contributed by atoms with van der Waals surface area (Å²) in [5, 5.41) is 107. The van der Waals surface area contributed by atoms with Gasteiger partial charge in [-0.3, -0.25) is 19.2 Å². The number of fused-ring (bicyclic) bond motifs is 4. The van der Waals surface area contributed by atoms with Gasteiger partial charge in [0.05, 0.1) is 85.9 Å². The fourth-order valence-corrected chi connectivity index (χ4v) is 13.1. The van der Waals surface area contributed by atoms with E-state index >= 15 is 0 Å². The standard InChI is InChI=1S/C70H87N5O27/c1-35-21-46-65(88)74(69(90)96-33-39-14-16-51(43(25-39)49(79)12-10-20-98-71)100-68-62(85)60(83)58(81)56(32-77)102-68)44-27-52(37(3)23-40(44)63(86)72(46)29-35)94-18-7-6-8-19-95-54-28-45-41(26-53(54)93-5)64(87)73-30-36(2)22-47(73)66(89)75(45)70(91)97-34-38-13-15-50(42(24-38)48(78)11-9-17-92-4)99-67-61(84)59(82)57(80)55(31-76)101-67/h13-16,23-28,46-47,55-62,65-68,76-77,80-85,88-89H,1-2,6-12,17-22,29-34,71H2,3-5H3/t46-,47-,55+,56+,57-,58-,59-,60-,61+,62+,65?,66?,67+,68+/m0/s1. The first-order valence-corrected chi connectivity index (χ1v) is 33.3. The van der Waals surface area contributed by atoms with Crippen LogP contribution in [0.5, 0.6) is 28.7 Å². The maximum absolute atomic E-state index is 14.5. The van der Waals surface area contributed by atoms with Gasteiger partial charge < -0.3 is 113 Å². The first kappa shape index (κ1) is 76.2. The Labute approximate surface area is 585 Å². The maximum Gasteiger partial charge on any atom is 0.416 e. The SMILES string of the molecule is C=C1C[C@H]2C(O)N(C(=O)OCc3ccc(O[C@@H]4O[C@H](CO)[C@H](O)[C@H](O)[C@H]4O)c(C(=O)CCCON)c3)c3cc(OCCCCCOc4cc5c(cc4OC)C(=O)N4CC(=C)C[C@H]4C(O)N5C(=O)OCc4ccc(O[C@@H]5O[C@H](CO)[C@H](O)[C@H](O)[C@H]5O)c(C(=O)CCCOC)c4)c(C)cc3C(=O)N2C1. The van der Waals surface area contributed by atoms with E-state index in [0.717, 1.165) is 9.80 Å². The average molecular weight is 1430 g/mol. The van der Waals surface area contributed by atoms with Crippen LogP contribution in [-0.2, 0) is 41.7 Å². The number of hydrogen-bond donors (Lipinski definition) is 11. The summed E-state index contributed by atoms with van der Waals surface area (Å²) < 4.78 is 57.9. The number of amides is 4. The number of hydrogen-bond acceptors (Lipinski definition) is 28. The van der Waals surface area contributed by atoms with Crippen molar-refractivity contribution in [1.29, 1.82) is 0 Å². The number of benzene rings is 4. The molecule has 32 heteroatoms. The van der Waals surface area contributed by atoms with E-state index in [1.165, 1.54) is 78.6 Å². The molecule has 14 atom stereocenters. The van der Waals surface area contributed by atoms with Crippen molar-refractivity contribution in [2.24, 2.45) is 5.90 Å². The zero-order chi connectivity index (χ0) is 73.4. The molecule has 0 radical (unpaired) electrons. The molecule has 0 spiro atoms. The van der Waals surface area contributed by atoms with Crippen LogP contribution in [0.25, 0.3) is 0 Å². The number of nitrogens with two attached hydrogens (primary N) is 1. The highest BCUT2D eigenvalue weighted by atomic mass is 16.7. The minimum Gasteiger partial charge on any atom is -0.493 e. The Balaban J connectivity index is 0.812. The Kier molecular flexibility index (Phi) is 25.3. The van der Waals surface area contributed by atoms with Gasteiger partial charge >= 0.3 is 12.2 Å². The minimum absolute atomic E-state index is 0.0128. The number of carbonyl (C=O) groups is 6. The van der Waals surface area contributed by atoms with E-state index in [4.69, 9.17) is 53.3 Å². The number of aliphatic hydroxyl groups excluding tert-OH is 10. The van der Waals surface area contributed by atoms with Crippen LogP contribution >= 0.6 is 0 Å². The number of ketones is 2. The van der Waals surface area contributed by atoms with Crippen molar-refractivity contribution in [1.82, 2.24) is 9.80 Å². The Morgan fingerprint density at radius 3 is 1.44 bits per heavy atom. The lowest BCUT2D eigenvalue weighted by atomic mass is 9.99. The number of methoxy groups -OCH3 is 2. The molecule has 6 heterocycles. The highest BCUT2D eigenvalue weighted by Gasteiger charge is 2.50. The van der Waals surface area contributed by atoms with Gasteiger partial charge in [-0.25, -0.2) is 25.3 Å². The van der Waals surface area contributed by atoms with Crippen LogP contribution in [0.1, 0.15) is 116 Å². The van der Waals surface area contributed by atoms with Crippen molar-refractivity contribution in [3.05, 3.63) is 124 Å². The molecule has 0 aliphatic carbocycles. The number of carbonyl (C=O) groups excluding carboxylic acids is 6. The molecule has 0 aromatic heterocycles. The summed E-state index contributed by atoms with van der Waals surface area (Å²) >= 11 is 0. The van der Waals surface area contributed by atoms with E-state index in [2.05, 4.69) is 18.0 Å². The van der Waals surface area contributed by atoms with Crippen molar-refractivity contribution in [3.63, 3.8) is 0 Å². The molecular weight excluding hydrogens is 1340 g/mol. The van der Waals surface area contributed by atoms with Crippen molar-refractivity contribution < 1.29 is 132 Å². The third-order valence-electron chi connectivity index (χ3n) is 18.6. The summed E-state index contributed by atoms with van der Waals surface area (Å²) in [4.78, 5) is 94.5. The van der Waals surface area contributed by atoms with E-state index in [9.17, 15) is 79.8 Å². The smallest absolute Gasteiger partial charge is 0.416 e. The van der Waals surface area contributed by atoms with Gasteiger partial charge in [0.15, 0.2) is 35.5 Å². The number of rotatable bonds is 29. The lowest BCUT2D eigenvalue weighted by molar-refractivity contribution is -0.277. The minimum atomic E-state index is -1.80. The van der Waals surface area contributed by atoms with Crippen LogP contribution in [0.15, 0.2) is 85.0 Å². The largest absolute Gasteiger partial charge is 0.493 e. The zero-order valence-electron chi connectivity index (χ0n) is 56.5. The highest BCUT2D eigenvalue weighted by Crippen LogP contribution is 2.44. The predicted molar refractivity (Wildman–Crippen MR) is 354 cm³/mol. The molecule has 10 rings (SSSR count). The topological polar surface area (TPSA) is 445 Å². The molecule has 0 saturated carbocycles. The van der Waals surface area contributed by atoms with Gasteiger partial charge in [-0.2, -0.15) is 0 Å². The molecular formula is C70H87N5O27. The first-order valence-electron chi connectivity index (χ1n) is 33.3. The monoisotopic (exact) mass is 1430 g/mol. The Hall–Kier alpha value is -8.42. The summed E-state index contributed by atoms with van der Waals surface area (Å²) in [6.07, 6.45) is -19.7. The van der Waals surface area contributed by atoms with Crippen LogP contribution in [0.3, 0.4) is 0 Å². The molecule has 4 saturated heterocycles. The van der Waals surface area contributed by atoms with Gasteiger partial charge in [-0.05, 0) is 105 Å². The van der Waals surface area contributed by atoms with Gasteiger partial charge in [-0.1, -0.05) is 36.4 Å². The van der Waals surface area contributed by atoms with E-state index in [0.29, 0.717) is 42.4 Å². The third kappa shape index (κ3) is 16.5. The molecule has 0 bridgehead atoms. The van der Waals surface area contributed by atoms with Crippen LogP contribution in [0.2, 0.25) is 0 Å². The normalized spacial score (nSPS) is 26.1. The summed E-state index contributed by atoms with van der Waals surface area (Å²) in [7, 11) is 2.84. The number of nitrogens with zero attached hydrogens (tertiary/aromatic N) is 4.